The minimum atomic E-state index is -0.362. The van der Waals surface area contributed by atoms with E-state index in [4.69, 9.17) is 4.42 Å². The van der Waals surface area contributed by atoms with Crippen molar-refractivity contribution < 1.29 is 9.52 Å². The van der Waals surface area contributed by atoms with E-state index in [9.17, 15) is 9.90 Å². The van der Waals surface area contributed by atoms with Crippen LogP contribution in [0.25, 0.3) is 11.0 Å². The molecule has 1 aromatic heterocycles. The Bertz CT molecular complexity index is 720. The summed E-state index contributed by atoms with van der Waals surface area (Å²) in [6, 6.07) is 5.49. The van der Waals surface area contributed by atoms with Crippen molar-refractivity contribution in [2.75, 3.05) is 6.54 Å². The van der Waals surface area contributed by atoms with Crippen LogP contribution in [0.4, 0.5) is 0 Å². The van der Waals surface area contributed by atoms with E-state index in [0.717, 1.165) is 23.1 Å². The predicted molar refractivity (Wildman–Crippen MR) is 82.6 cm³/mol. The van der Waals surface area contributed by atoms with Gasteiger partial charge in [0.1, 0.15) is 11.3 Å². The van der Waals surface area contributed by atoms with E-state index in [0.29, 0.717) is 18.2 Å². The molecule has 0 amide bonds. The van der Waals surface area contributed by atoms with Crippen LogP contribution < -0.4 is 5.63 Å². The fraction of sp³-hybridized carbons (Fsp3) is 0.471. The van der Waals surface area contributed by atoms with Crippen LogP contribution in [-0.2, 0) is 6.54 Å². The predicted octanol–water partition coefficient (Wildman–Crippen LogP) is 3.18. The van der Waals surface area contributed by atoms with Crippen LogP contribution in [0.1, 0.15) is 37.3 Å². The van der Waals surface area contributed by atoms with E-state index in [2.05, 4.69) is 11.8 Å². The lowest BCUT2D eigenvalue weighted by atomic mass is 10.0. The van der Waals surface area contributed by atoms with E-state index in [1.807, 2.05) is 13.0 Å². The third-order valence-electron chi connectivity index (χ3n) is 4.50. The van der Waals surface area contributed by atoms with Crippen LogP contribution in [0.2, 0.25) is 0 Å². The molecule has 0 saturated carbocycles. The highest BCUT2D eigenvalue weighted by Crippen LogP contribution is 2.31. The molecule has 1 aliphatic rings. The van der Waals surface area contributed by atoms with Gasteiger partial charge in [0.25, 0.3) is 0 Å². The smallest absolute Gasteiger partial charge is 0.336 e. The van der Waals surface area contributed by atoms with Crippen LogP contribution in [0, 0.1) is 6.92 Å². The Morgan fingerprint density at radius 1 is 1.38 bits per heavy atom. The Kier molecular flexibility index (Phi) is 3.72. The zero-order valence-electron chi connectivity index (χ0n) is 12.6. The lowest BCUT2D eigenvalue weighted by molar-refractivity contribution is 0.151. The minimum Gasteiger partial charge on any atom is -0.507 e. The molecular formula is C17H21NO3. The molecule has 1 aromatic carbocycles. The van der Waals surface area contributed by atoms with E-state index in [-0.39, 0.29) is 11.4 Å². The van der Waals surface area contributed by atoms with Crippen molar-refractivity contribution in [2.24, 2.45) is 0 Å². The molecule has 112 valence electrons. The third kappa shape index (κ3) is 2.68. The maximum absolute atomic E-state index is 11.7. The molecule has 1 atom stereocenters. The second-order valence-electron chi connectivity index (χ2n) is 6.00. The maximum Gasteiger partial charge on any atom is 0.336 e. The molecule has 4 nitrogen and oxygen atoms in total. The summed E-state index contributed by atoms with van der Waals surface area (Å²) in [5.74, 6) is 0.203. The topological polar surface area (TPSA) is 53.7 Å². The number of phenolic OH excluding ortho intramolecular Hbond substituents is 1. The van der Waals surface area contributed by atoms with Gasteiger partial charge in [-0.1, -0.05) is 6.42 Å². The highest BCUT2D eigenvalue weighted by Gasteiger charge is 2.21. The summed E-state index contributed by atoms with van der Waals surface area (Å²) in [6.07, 6.45) is 3.61. The van der Waals surface area contributed by atoms with E-state index in [1.165, 1.54) is 25.3 Å². The fourth-order valence-corrected chi connectivity index (χ4v) is 3.18. The SMILES string of the molecule is Cc1cc(=O)oc2c(CN3CCCC[C@@H]3C)c(O)ccc12. The summed E-state index contributed by atoms with van der Waals surface area (Å²) in [7, 11) is 0. The summed E-state index contributed by atoms with van der Waals surface area (Å²) in [4.78, 5) is 14.0. The first kappa shape index (κ1) is 14.1. The van der Waals surface area contributed by atoms with Crippen LogP contribution >= 0.6 is 0 Å². The van der Waals surface area contributed by atoms with Crippen molar-refractivity contribution >= 4 is 11.0 Å². The summed E-state index contributed by atoms with van der Waals surface area (Å²) in [5, 5.41) is 11.1. The van der Waals surface area contributed by atoms with Gasteiger partial charge in [0.05, 0.1) is 5.56 Å². The van der Waals surface area contributed by atoms with E-state index < -0.39 is 0 Å². The largest absolute Gasteiger partial charge is 0.507 e. The Labute approximate surface area is 124 Å². The molecule has 0 radical (unpaired) electrons. The second kappa shape index (κ2) is 5.53. The first-order valence-electron chi connectivity index (χ1n) is 7.55. The Hall–Kier alpha value is -1.81. The molecule has 0 spiro atoms. The molecule has 3 rings (SSSR count). The normalized spacial score (nSPS) is 20.0. The summed E-state index contributed by atoms with van der Waals surface area (Å²) in [6.45, 7) is 5.75. The monoisotopic (exact) mass is 287 g/mol. The van der Waals surface area contributed by atoms with Crippen molar-refractivity contribution in [1.82, 2.24) is 4.90 Å². The Morgan fingerprint density at radius 3 is 2.95 bits per heavy atom. The number of hydrogen-bond acceptors (Lipinski definition) is 4. The molecule has 0 aliphatic carbocycles. The van der Waals surface area contributed by atoms with Crippen LogP contribution in [0.5, 0.6) is 5.75 Å². The molecule has 0 unspecified atom stereocenters. The standard InChI is InChI=1S/C17H21NO3/c1-11-9-16(20)21-17-13(11)6-7-15(19)14(17)10-18-8-4-3-5-12(18)2/h6-7,9,12,19H,3-5,8,10H2,1-2H3/t12-/m0/s1. The zero-order valence-corrected chi connectivity index (χ0v) is 12.6. The summed E-state index contributed by atoms with van der Waals surface area (Å²) in [5.41, 5.74) is 1.77. The number of fused-ring (bicyclic) bond motifs is 1. The highest BCUT2D eigenvalue weighted by atomic mass is 16.4. The highest BCUT2D eigenvalue weighted by molar-refractivity contribution is 5.84. The molecule has 4 heteroatoms. The van der Waals surface area contributed by atoms with Gasteiger partial charge in [-0.05, 0) is 50.9 Å². The number of benzene rings is 1. The number of nitrogens with zero attached hydrogens (tertiary/aromatic N) is 1. The Morgan fingerprint density at radius 2 is 2.19 bits per heavy atom. The van der Waals surface area contributed by atoms with Gasteiger partial charge in [0.15, 0.2) is 0 Å². The number of aromatic hydroxyl groups is 1. The zero-order chi connectivity index (χ0) is 15.0. The number of piperidine rings is 1. The van der Waals surface area contributed by atoms with Crippen LogP contribution in [0.15, 0.2) is 27.4 Å². The average Bonchev–Trinajstić information content (AvgIpc) is 2.44. The molecule has 21 heavy (non-hydrogen) atoms. The number of likely N-dealkylation sites (tertiary alicyclic amines) is 1. The van der Waals surface area contributed by atoms with Crippen molar-refractivity contribution in [1.29, 1.82) is 0 Å². The molecular weight excluding hydrogens is 266 g/mol. The first-order valence-corrected chi connectivity index (χ1v) is 7.55. The molecule has 1 fully saturated rings. The Balaban J connectivity index is 2.08. The molecule has 1 aliphatic heterocycles. The molecule has 0 bridgehead atoms. The average molecular weight is 287 g/mol. The van der Waals surface area contributed by atoms with E-state index >= 15 is 0 Å². The van der Waals surface area contributed by atoms with Crippen molar-refractivity contribution in [3.63, 3.8) is 0 Å². The van der Waals surface area contributed by atoms with E-state index in [1.54, 1.807) is 6.07 Å². The number of aryl methyl sites for hydroxylation is 1. The summed E-state index contributed by atoms with van der Waals surface area (Å²) >= 11 is 0. The lowest BCUT2D eigenvalue weighted by Gasteiger charge is -2.33. The molecule has 1 N–H and O–H groups in total. The maximum atomic E-state index is 11.7. The third-order valence-corrected chi connectivity index (χ3v) is 4.50. The van der Waals surface area contributed by atoms with Gasteiger partial charge in [-0.3, -0.25) is 4.90 Å². The number of phenols is 1. The molecule has 2 aromatic rings. The lowest BCUT2D eigenvalue weighted by Crippen LogP contribution is -2.36. The first-order chi connectivity index (χ1) is 10.1. The van der Waals surface area contributed by atoms with Crippen LogP contribution in [0.3, 0.4) is 0 Å². The summed E-state index contributed by atoms with van der Waals surface area (Å²) < 4.78 is 5.39. The van der Waals surface area contributed by atoms with Gasteiger partial charge in [-0.2, -0.15) is 0 Å². The fourth-order valence-electron chi connectivity index (χ4n) is 3.18. The molecule has 2 heterocycles. The second-order valence-corrected chi connectivity index (χ2v) is 6.00. The van der Waals surface area contributed by atoms with Gasteiger partial charge in [-0.25, -0.2) is 4.79 Å². The van der Waals surface area contributed by atoms with Crippen molar-refractivity contribution in [3.8, 4) is 5.75 Å². The minimum absolute atomic E-state index is 0.203. The van der Waals surface area contributed by atoms with Gasteiger partial charge in [0, 0.05) is 24.0 Å². The number of rotatable bonds is 2. The number of hydrogen-bond donors (Lipinski definition) is 1. The van der Waals surface area contributed by atoms with Gasteiger partial charge in [0.2, 0.25) is 0 Å². The van der Waals surface area contributed by atoms with Gasteiger partial charge >= 0.3 is 5.63 Å². The van der Waals surface area contributed by atoms with Gasteiger partial charge in [-0.15, -0.1) is 0 Å². The van der Waals surface area contributed by atoms with Crippen LogP contribution in [-0.4, -0.2) is 22.6 Å². The quantitative estimate of drug-likeness (QED) is 0.862. The van der Waals surface area contributed by atoms with Crippen molar-refractivity contribution in [3.05, 3.63) is 39.7 Å². The van der Waals surface area contributed by atoms with Crippen molar-refractivity contribution in [2.45, 2.75) is 45.7 Å². The van der Waals surface area contributed by atoms with Gasteiger partial charge < -0.3 is 9.52 Å². The molecule has 1 saturated heterocycles.